The maximum Gasteiger partial charge on any atom is 0.181 e. The number of benzene rings is 1. The molecule has 0 unspecified atom stereocenters. The molecular formula is C10H13NO2. The molecule has 70 valence electrons. The number of rotatable bonds is 3. The van der Waals surface area contributed by atoms with E-state index in [2.05, 4.69) is 0 Å². The number of hydrogen-bond acceptors (Lipinski definition) is 2. The Bertz CT molecular complexity index is 280. The summed E-state index contributed by atoms with van der Waals surface area (Å²) in [5, 5.41) is 20.1. The van der Waals surface area contributed by atoms with Gasteiger partial charge in [0.15, 0.2) is 12.8 Å². The second-order valence-corrected chi connectivity index (χ2v) is 2.99. The largest absolute Gasteiger partial charge is 0.624 e. The van der Waals surface area contributed by atoms with E-state index in [4.69, 9.17) is 5.11 Å². The van der Waals surface area contributed by atoms with Gasteiger partial charge in [-0.3, -0.25) is 0 Å². The van der Waals surface area contributed by atoms with E-state index in [1.54, 1.807) is 6.92 Å². The summed E-state index contributed by atoms with van der Waals surface area (Å²) in [6, 6.07) is 9.30. The third-order valence-corrected chi connectivity index (χ3v) is 1.54. The highest BCUT2D eigenvalue weighted by Gasteiger charge is 2.00. The lowest BCUT2D eigenvalue weighted by Gasteiger charge is -2.05. The van der Waals surface area contributed by atoms with Gasteiger partial charge in [-0.2, -0.15) is 0 Å². The summed E-state index contributed by atoms with van der Waals surface area (Å²) in [7, 11) is 0. The highest BCUT2D eigenvalue weighted by Crippen LogP contribution is 1.94. The molecule has 0 bridgehead atoms. The zero-order chi connectivity index (χ0) is 9.68. The van der Waals surface area contributed by atoms with Crippen LogP contribution in [0.2, 0.25) is 0 Å². The van der Waals surface area contributed by atoms with Crippen molar-refractivity contribution in [1.29, 1.82) is 0 Å². The normalized spacial score (nSPS) is 14.2. The van der Waals surface area contributed by atoms with Crippen LogP contribution in [-0.2, 0) is 0 Å². The molecule has 0 saturated carbocycles. The Morgan fingerprint density at radius 3 is 2.62 bits per heavy atom. The minimum absolute atomic E-state index is 0.106. The number of aliphatic hydroxyl groups is 1. The van der Waals surface area contributed by atoms with Crippen LogP contribution < -0.4 is 0 Å². The molecule has 0 heterocycles. The molecule has 1 rings (SSSR count). The Hall–Kier alpha value is -1.35. The third kappa shape index (κ3) is 3.71. The van der Waals surface area contributed by atoms with E-state index >= 15 is 0 Å². The number of nitrogens with zero attached hydrogens (tertiary/aromatic N) is 1. The summed E-state index contributed by atoms with van der Waals surface area (Å²) in [5.41, 5.74) is 0.846. The van der Waals surface area contributed by atoms with Gasteiger partial charge in [0.05, 0.1) is 0 Å². The maximum atomic E-state index is 11.1. The molecule has 1 atom stereocenters. The predicted molar refractivity (Wildman–Crippen MR) is 51.8 cm³/mol. The van der Waals surface area contributed by atoms with E-state index in [1.165, 1.54) is 6.21 Å². The molecule has 13 heavy (non-hydrogen) atoms. The van der Waals surface area contributed by atoms with Gasteiger partial charge >= 0.3 is 0 Å². The summed E-state index contributed by atoms with van der Waals surface area (Å²) in [6.07, 6.45) is 0.865. The Morgan fingerprint density at radius 1 is 1.46 bits per heavy atom. The zero-order valence-corrected chi connectivity index (χ0v) is 7.55. The lowest BCUT2D eigenvalue weighted by Crippen LogP contribution is -2.18. The molecule has 0 aliphatic rings. The van der Waals surface area contributed by atoms with Gasteiger partial charge in [0.25, 0.3) is 0 Å². The van der Waals surface area contributed by atoms with Crippen LogP contribution in [0.1, 0.15) is 12.5 Å². The van der Waals surface area contributed by atoms with Crippen LogP contribution in [-0.4, -0.2) is 28.7 Å². The van der Waals surface area contributed by atoms with Crippen molar-refractivity contribution in [2.45, 2.75) is 13.0 Å². The molecule has 0 aromatic heterocycles. The predicted octanol–water partition coefficient (Wildman–Crippen LogP) is 0.997. The standard InChI is InChI=1S/C10H13NO2/c1-9(12)7-11(13)8-10-5-3-2-4-6-10/h2-6,8-9,12H,7H2,1H3/b11-8-/t9-/m1/s1. The first-order valence-corrected chi connectivity index (χ1v) is 4.20. The molecule has 0 saturated heterocycles. The smallest absolute Gasteiger partial charge is 0.181 e. The van der Waals surface area contributed by atoms with Crippen molar-refractivity contribution >= 4 is 6.21 Å². The van der Waals surface area contributed by atoms with Gasteiger partial charge in [-0.1, -0.05) is 18.2 Å². The first-order chi connectivity index (χ1) is 6.18. The van der Waals surface area contributed by atoms with E-state index in [0.717, 1.165) is 10.3 Å². The van der Waals surface area contributed by atoms with Gasteiger partial charge in [-0.25, -0.2) is 4.74 Å². The molecule has 0 fully saturated rings. The van der Waals surface area contributed by atoms with Gasteiger partial charge in [-0.15, -0.1) is 0 Å². The van der Waals surface area contributed by atoms with Crippen molar-refractivity contribution in [3.05, 3.63) is 41.1 Å². The fourth-order valence-corrected chi connectivity index (χ4v) is 1.02. The van der Waals surface area contributed by atoms with E-state index in [9.17, 15) is 5.21 Å². The van der Waals surface area contributed by atoms with Gasteiger partial charge in [0, 0.05) is 5.56 Å². The Morgan fingerprint density at radius 2 is 2.08 bits per heavy atom. The third-order valence-electron chi connectivity index (χ3n) is 1.54. The maximum absolute atomic E-state index is 11.1. The van der Waals surface area contributed by atoms with Crippen molar-refractivity contribution in [1.82, 2.24) is 0 Å². The minimum Gasteiger partial charge on any atom is -0.624 e. The second-order valence-electron chi connectivity index (χ2n) is 2.99. The van der Waals surface area contributed by atoms with Crippen LogP contribution >= 0.6 is 0 Å². The quantitative estimate of drug-likeness (QED) is 0.325. The molecule has 0 aliphatic heterocycles. The van der Waals surface area contributed by atoms with Crippen molar-refractivity contribution in [3.63, 3.8) is 0 Å². The van der Waals surface area contributed by atoms with Crippen LogP contribution in [0.4, 0.5) is 0 Å². The van der Waals surface area contributed by atoms with Gasteiger partial charge in [-0.05, 0) is 19.1 Å². The molecular weight excluding hydrogens is 166 g/mol. The van der Waals surface area contributed by atoms with Crippen molar-refractivity contribution < 1.29 is 9.85 Å². The first kappa shape index (κ1) is 9.74. The van der Waals surface area contributed by atoms with E-state index in [1.807, 2.05) is 30.3 Å². The monoisotopic (exact) mass is 179 g/mol. The Labute approximate surface area is 77.5 Å². The van der Waals surface area contributed by atoms with Gasteiger partial charge in [0.2, 0.25) is 0 Å². The van der Waals surface area contributed by atoms with Crippen molar-refractivity contribution in [2.75, 3.05) is 6.54 Å². The second kappa shape index (κ2) is 4.62. The fraction of sp³-hybridized carbons (Fsp3) is 0.300. The van der Waals surface area contributed by atoms with Crippen molar-refractivity contribution in [2.24, 2.45) is 0 Å². The molecule has 1 aromatic carbocycles. The summed E-state index contributed by atoms with van der Waals surface area (Å²) >= 11 is 0. The average Bonchev–Trinajstić information content (AvgIpc) is 2.04. The van der Waals surface area contributed by atoms with Crippen LogP contribution in [0, 0.1) is 5.21 Å². The molecule has 3 heteroatoms. The summed E-state index contributed by atoms with van der Waals surface area (Å²) < 4.78 is 0.736. The van der Waals surface area contributed by atoms with Crippen LogP contribution in [0.3, 0.4) is 0 Å². The van der Waals surface area contributed by atoms with Crippen LogP contribution in [0.5, 0.6) is 0 Å². The summed E-state index contributed by atoms with van der Waals surface area (Å²) in [5.74, 6) is 0. The lowest BCUT2D eigenvalue weighted by molar-refractivity contribution is -0.462. The van der Waals surface area contributed by atoms with Gasteiger partial charge in [0.1, 0.15) is 6.10 Å². The highest BCUT2D eigenvalue weighted by atomic mass is 16.5. The lowest BCUT2D eigenvalue weighted by atomic mass is 10.2. The zero-order valence-electron chi connectivity index (χ0n) is 7.55. The molecule has 1 aromatic rings. The van der Waals surface area contributed by atoms with Crippen LogP contribution in [0.15, 0.2) is 30.3 Å². The molecule has 0 amide bonds. The topological polar surface area (TPSA) is 46.3 Å². The van der Waals surface area contributed by atoms with Crippen LogP contribution in [0.25, 0.3) is 0 Å². The molecule has 0 aliphatic carbocycles. The highest BCUT2D eigenvalue weighted by molar-refractivity contribution is 5.75. The minimum atomic E-state index is -0.600. The summed E-state index contributed by atoms with van der Waals surface area (Å²) in [6.45, 7) is 1.69. The van der Waals surface area contributed by atoms with E-state index in [0.29, 0.717) is 0 Å². The fourth-order valence-electron chi connectivity index (χ4n) is 1.02. The van der Waals surface area contributed by atoms with Gasteiger partial charge < -0.3 is 10.3 Å². The van der Waals surface area contributed by atoms with E-state index < -0.39 is 6.10 Å². The van der Waals surface area contributed by atoms with Crippen molar-refractivity contribution in [3.8, 4) is 0 Å². The average molecular weight is 179 g/mol. The van der Waals surface area contributed by atoms with E-state index in [-0.39, 0.29) is 6.54 Å². The molecule has 0 radical (unpaired) electrons. The number of hydroxylamine groups is 1. The Kier molecular flexibility index (Phi) is 3.46. The summed E-state index contributed by atoms with van der Waals surface area (Å²) in [4.78, 5) is 0. The SMILES string of the molecule is C[C@@H](O)C/[N+]([O-])=C/c1ccccc1. The first-order valence-electron chi connectivity index (χ1n) is 4.20. The molecule has 0 spiro atoms. The molecule has 1 N–H and O–H groups in total. The molecule has 3 nitrogen and oxygen atoms in total. The number of hydrogen-bond donors (Lipinski definition) is 1. The Balaban J connectivity index is 2.66. The number of aliphatic hydroxyl groups excluding tert-OH is 1.